The number of hydrogen-bond acceptors (Lipinski definition) is 5. The average molecular weight is 505 g/mol. The molecule has 4 rings (SSSR count). The first-order valence-corrected chi connectivity index (χ1v) is 12.0. The summed E-state index contributed by atoms with van der Waals surface area (Å²) >= 11 is 0. The van der Waals surface area contributed by atoms with Crippen molar-refractivity contribution in [1.82, 2.24) is 14.9 Å². The van der Waals surface area contributed by atoms with E-state index in [4.69, 9.17) is 10.1 Å². The van der Waals surface area contributed by atoms with Crippen molar-refractivity contribution in [1.29, 1.82) is 0 Å². The molecule has 0 radical (unpaired) electrons. The fourth-order valence-electron chi connectivity index (χ4n) is 5.33. The Morgan fingerprint density at radius 3 is 2.56 bits per heavy atom. The first-order valence-electron chi connectivity index (χ1n) is 12.0. The Morgan fingerprint density at radius 2 is 1.92 bits per heavy atom. The number of nitrogens with zero attached hydrogens (tertiary/aromatic N) is 2. The first-order chi connectivity index (χ1) is 16.9. The number of aliphatic hydroxyl groups is 1. The molecule has 7 nitrogen and oxygen atoms in total. The standard InChI is InChI=1S/C26H31F3N4O3/c1-16-12-19(15-25(2,3)14-16)33-22-9-4-17(23(35)30-10-11-34)13-21(22)32-24(33)31-18-5-7-20(8-6-18)36-26(27,28)29/h4-9,13,16,19,34H,10-12,14-15H2,1-3H3,(H,30,35)(H,31,32)/t16-,19+/m0/s1. The van der Waals surface area contributed by atoms with Crippen LogP contribution < -0.4 is 15.4 Å². The summed E-state index contributed by atoms with van der Waals surface area (Å²) in [5, 5.41) is 14.9. The van der Waals surface area contributed by atoms with Gasteiger partial charge in [0.2, 0.25) is 5.95 Å². The average Bonchev–Trinajstić information content (AvgIpc) is 3.13. The van der Waals surface area contributed by atoms with Gasteiger partial charge in [0.1, 0.15) is 5.75 Å². The molecule has 1 heterocycles. The number of aromatic nitrogens is 2. The summed E-state index contributed by atoms with van der Waals surface area (Å²) in [5.41, 5.74) is 2.62. The van der Waals surface area contributed by atoms with Crippen LogP contribution in [0.25, 0.3) is 11.0 Å². The third-order valence-electron chi connectivity index (χ3n) is 6.42. The molecule has 1 aliphatic rings. The van der Waals surface area contributed by atoms with Crippen LogP contribution in [-0.4, -0.2) is 40.1 Å². The molecule has 0 bridgehead atoms. The summed E-state index contributed by atoms with van der Waals surface area (Å²) in [4.78, 5) is 17.2. The van der Waals surface area contributed by atoms with Gasteiger partial charge in [0.05, 0.1) is 17.6 Å². The number of carbonyl (C=O) groups is 1. The predicted octanol–water partition coefficient (Wildman–Crippen LogP) is 5.79. The molecule has 1 saturated carbocycles. The van der Waals surface area contributed by atoms with Crippen LogP contribution in [0.15, 0.2) is 42.5 Å². The van der Waals surface area contributed by atoms with E-state index in [9.17, 15) is 18.0 Å². The number of ether oxygens (including phenoxy) is 1. The number of aliphatic hydroxyl groups excluding tert-OH is 1. The molecule has 10 heteroatoms. The Hall–Kier alpha value is -3.27. The molecule has 0 saturated heterocycles. The van der Waals surface area contributed by atoms with Gasteiger partial charge in [0.25, 0.3) is 5.91 Å². The molecule has 1 aliphatic carbocycles. The Balaban J connectivity index is 1.71. The molecule has 1 aromatic heterocycles. The maximum Gasteiger partial charge on any atom is 0.573 e. The summed E-state index contributed by atoms with van der Waals surface area (Å²) in [6.07, 6.45) is -1.74. The molecule has 194 valence electrons. The largest absolute Gasteiger partial charge is 0.573 e. The second kappa shape index (κ2) is 10.0. The molecule has 0 unspecified atom stereocenters. The van der Waals surface area contributed by atoms with Crippen LogP contribution in [0.2, 0.25) is 0 Å². The monoisotopic (exact) mass is 504 g/mol. The van der Waals surface area contributed by atoms with Gasteiger partial charge >= 0.3 is 6.36 Å². The molecule has 1 amide bonds. The van der Waals surface area contributed by atoms with Gasteiger partial charge in [-0.25, -0.2) is 4.98 Å². The Morgan fingerprint density at radius 1 is 1.19 bits per heavy atom. The van der Waals surface area contributed by atoms with Crippen LogP contribution in [0.4, 0.5) is 24.8 Å². The molecule has 3 aromatic rings. The fraction of sp³-hybridized carbons (Fsp3) is 0.462. The number of imidazole rings is 1. The van der Waals surface area contributed by atoms with Crippen molar-refractivity contribution < 1.29 is 27.8 Å². The van der Waals surface area contributed by atoms with Crippen LogP contribution in [0.3, 0.4) is 0 Å². The molecular weight excluding hydrogens is 473 g/mol. The zero-order valence-corrected chi connectivity index (χ0v) is 20.5. The minimum absolute atomic E-state index is 0.136. The minimum atomic E-state index is -4.76. The number of hydrogen-bond donors (Lipinski definition) is 3. The maximum atomic E-state index is 12.5. The molecule has 3 N–H and O–H groups in total. The van der Waals surface area contributed by atoms with Crippen LogP contribution in [0.1, 0.15) is 56.4 Å². The third kappa shape index (κ3) is 6.10. The van der Waals surface area contributed by atoms with Gasteiger partial charge in [0.15, 0.2) is 0 Å². The molecule has 0 aliphatic heterocycles. The van der Waals surface area contributed by atoms with E-state index in [1.165, 1.54) is 24.3 Å². The van der Waals surface area contributed by atoms with Crippen molar-refractivity contribution in [3.8, 4) is 5.75 Å². The molecule has 36 heavy (non-hydrogen) atoms. The van der Waals surface area contributed by atoms with Gasteiger partial charge in [-0.3, -0.25) is 4.79 Å². The summed E-state index contributed by atoms with van der Waals surface area (Å²) in [6, 6.07) is 11.0. The lowest BCUT2D eigenvalue weighted by molar-refractivity contribution is -0.274. The van der Waals surface area contributed by atoms with E-state index in [1.807, 2.05) is 6.07 Å². The van der Waals surface area contributed by atoms with E-state index in [2.05, 4.69) is 40.7 Å². The normalized spacial score (nSPS) is 19.8. The Labute approximate surface area is 207 Å². The second-order valence-electron chi connectivity index (χ2n) is 10.3. The number of alkyl halides is 3. The SMILES string of the molecule is C[C@H]1C[C@@H](n2c(Nc3ccc(OC(F)(F)F)cc3)nc3cc(C(=O)NCCO)ccc32)CC(C)(C)C1. The quantitative estimate of drug-likeness (QED) is 0.379. The summed E-state index contributed by atoms with van der Waals surface area (Å²) in [6.45, 7) is 6.75. The number of carbonyl (C=O) groups excluding carboxylic acids is 1. The van der Waals surface area contributed by atoms with Crippen LogP contribution >= 0.6 is 0 Å². The molecule has 0 spiro atoms. The van der Waals surface area contributed by atoms with Crippen LogP contribution in [-0.2, 0) is 0 Å². The van der Waals surface area contributed by atoms with E-state index >= 15 is 0 Å². The fourth-order valence-corrected chi connectivity index (χ4v) is 5.33. The van der Waals surface area contributed by atoms with Crippen molar-refractivity contribution in [2.75, 3.05) is 18.5 Å². The van der Waals surface area contributed by atoms with Crippen molar-refractivity contribution in [2.24, 2.45) is 11.3 Å². The lowest BCUT2D eigenvalue weighted by Crippen LogP contribution is -2.29. The van der Waals surface area contributed by atoms with Crippen LogP contribution in [0.5, 0.6) is 5.75 Å². The number of benzene rings is 2. The highest BCUT2D eigenvalue weighted by molar-refractivity contribution is 5.97. The van der Waals surface area contributed by atoms with Gasteiger partial charge in [-0.2, -0.15) is 0 Å². The van der Waals surface area contributed by atoms with Crippen molar-refractivity contribution >= 4 is 28.6 Å². The first kappa shape index (κ1) is 25.8. The predicted molar refractivity (Wildman–Crippen MR) is 131 cm³/mol. The van der Waals surface area contributed by atoms with Gasteiger partial charge < -0.3 is 25.0 Å². The zero-order chi connectivity index (χ0) is 26.1. The smallest absolute Gasteiger partial charge is 0.406 e. The number of rotatable bonds is 7. The maximum absolute atomic E-state index is 12.5. The lowest BCUT2D eigenvalue weighted by Gasteiger charge is -2.40. The molecule has 2 aromatic carbocycles. The van der Waals surface area contributed by atoms with E-state index in [-0.39, 0.29) is 36.3 Å². The highest BCUT2D eigenvalue weighted by Gasteiger charge is 2.35. The van der Waals surface area contributed by atoms with Crippen molar-refractivity contribution in [3.05, 3.63) is 48.0 Å². The van der Waals surface area contributed by atoms with E-state index in [1.54, 1.807) is 12.1 Å². The number of nitrogens with one attached hydrogen (secondary N) is 2. The highest BCUT2D eigenvalue weighted by atomic mass is 19.4. The molecule has 1 fully saturated rings. The number of fused-ring (bicyclic) bond motifs is 1. The van der Waals surface area contributed by atoms with Gasteiger partial charge in [0, 0.05) is 23.8 Å². The minimum Gasteiger partial charge on any atom is -0.406 e. The number of halogens is 3. The summed E-state index contributed by atoms with van der Waals surface area (Å²) < 4.78 is 43.7. The Kier molecular flexibility index (Phi) is 7.17. The number of anilines is 2. The topological polar surface area (TPSA) is 88.4 Å². The highest BCUT2D eigenvalue weighted by Crippen LogP contribution is 2.46. The van der Waals surface area contributed by atoms with Crippen molar-refractivity contribution in [3.63, 3.8) is 0 Å². The molecular formula is C26H31F3N4O3. The van der Waals surface area contributed by atoms with Crippen LogP contribution in [0, 0.1) is 11.3 Å². The van der Waals surface area contributed by atoms with Crippen molar-refractivity contribution in [2.45, 2.75) is 52.4 Å². The van der Waals surface area contributed by atoms with E-state index in [0.717, 1.165) is 24.8 Å². The second-order valence-corrected chi connectivity index (χ2v) is 10.3. The summed E-state index contributed by atoms with van der Waals surface area (Å²) in [5.74, 6) is 0.453. The van der Waals surface area contributed by atoms with Gasteiger partial charge in [-0.1, -0.05) is 20.8 Å². The van der Waals surface area contributed by atoms with Gasteiger partial charge in [-0.15, -0.1) is 13.2 Å². The van der Waals surface area contributed by atoms with E-state index < -0.39 is 6.36 Å². The molecule has 2 atom stereocenters. The van der Waals surface area contributed by atoms with Gasteiger partial charge in [-0.05, 0) is 73.1 Å². The zero-order valence-electron chi connectivity index (χ0n) is 20.5. The van der Waals surface area contributed by atoms with E-state index in [0.29, 0.717) is 28.6 Å². The Bertz CT molecular complexity index is 1220. The lowest BCUT2D eigenvalue weighted by atomic mass is 9.70. The number of amides is 1. The summed E-state index contributed by atoms with van der Waals surface area (Å²) in [7, 11) is 0. The third-order valence-corrected chi connectivity index (χ3v) is 6.42.